The predicted molar refractivity (Wildman–Crippen MR) is 127 cm³/mol. The van der Waals surface area contributed by atoms with Crippen molar-refractivity contribution in [2.75, 3.05) is 13.1 Å². The molecule has 1 saturated heterocycles. The maximum Gasteiger partial charge on any atom is 0.297 e. The third-order valence-electron chi connectivity index (χ3n) is 6.01. The van der Waals surface area contributed by atoms with Crippen molar-refractivity contribution in [1.82, 2.24) is 19.2 Å². The fraction of sp³-hybridized carbons (Fsp3) is 0.292. The van der Waals surface area contributed by atoms with Crippen LogP contribution in [0.4, 0.5) is 0 Å². The molecule has 176 valence electrons. The molecule has 2 aromatic heterocycles. The molecule has 4 aromatic rings. The molecule has 9 nitrogen and oxygen atoms in total. The highest BCUT2D eigenvalue weighted by Crippen LogP contribution is 2.24. The van der Waals surface area contributed by atoms with Crippen molar-refractivity contribution in [2.45, 2.75) is 37.2 Å². The Bertz CT molecular complexity index is 1530. The van der Waals surface area contributed by atoms with E-state index < -0.39 is 21.5 Å². The highest BCUT2D eigenvalue weighted by Gasteiger charge is 2.26. The van der Waals surface area contributed by atoms with Gasteiger partial charge in [0.25, 0.3) is 5.56 Å². The van der Waals surface area contributed by atoms with Gasteiger partial charge in [0.2, 0.25) is 21.5 Å². The van der Waals surface area contributed by atoms with Crippen LogP contribution in [0.25, 0.3) is 22.1 Å². The number of benzene rings is 2. The SMILES string of the molecule is O=C(Cn1cnc2c(oc3ccccc32)c1=O)NCc1cccc(S(=O)(=O)N2CCCCC2)c1. The molecule has 0 aliphatic carbocycles. The third kappa shape index (κ3) is 4.22. The maximum atomic E-state index is 12.9. The quantitative estimate of drug-likeness (QED) is 0.454. The number of hydrogen-bond donors (Lipinski definition) is 1. The van der Waals surface area contributed by atoms with E-state index >= 15 is 0 Å². The molecule has 3 heterocycles. The summed E-state index contributed by atoms with van der Waals surface area (Å²) in [5.41, 5.74) is 1.34. The molecule has 34 heavy (non-hydrogen) atoms. The largest absolute Gasteiger partial charge is 0.448 e. The standard InChI is InChI=1S/C24H24N4O5S/c29-21(15-27-16-26-22-19-9-2-3-10-20(19)33-23(22)24(27)30)25-14-17-7-6-8-18(13-17)34(31,32)28-11-4-1-5-12-28/h2-3,6-10,13,16H,1,4-5,11-12,14-15H2,(H,25,29). The van der Waals surface area contributed by atoms with Crippen LogP contribution in [0.1, 0.15) is 24.8 Å². The number of aromatic nitrogens is 2. The number of para-hydroxylation sites is 1. The molecule has 0 atom stereocenters. The van der Waals surface area contributed by atoms with Gasteiger partial charge < -0.3 is 9.73 Å². The first-order valence-corrected chi connectivity index (χ1v) is 12.6. The lowest BCUT2D eigenvalue weighted by atomic mass is 10.2. The molecule has 1 amide bonds. The van der Waals surface area contributed by atoms with E-state index in [1.165, 1.54) is 15.2 Å². The van der Waals surface area contributed by atoms with Crippen molar-refractivity contribution < 1.29 is 17.6 Å². The number of sulfonamides is 1. The molecule has 5 rings (SSSR count). The van der Waals surface area contributed by atoms with Crippen molar-refractivity contribution in [3.63, 3.8) is 0 Å². The van der Waals surface area contributed by atoms with Gasteiger partial charge in [0.15, 0.2) is 0 Å². The summed E-state index contributed by atoms with van der Waals surface area (Å²) in [6, 6.07) is 13.8. The van der Waals surface area contributed by atoms with Crippen molar-refractivity contribution >= 4 is 38.0 Å². The molecule has 1 N–H and O–H groups in total. The Balaban J connectivity index is 1.28. The van der Waals surface area contributed by atoms with E-state index in [1.54, 1.807) is 30.3 Å². The van der Waals surface area contributed by atoms with Crippen LogP contribution in [0.15, 0.2) is 69.0 Å². The second kappa shape index (κ2) is 9.03. The highest BCUT2D eigenvalue weighted by atomic mass is 32.2. The Labute approximate surface area is 196 Å². The average Bonchev–Trinajstić information content (AvgIpc) is 3.25. The van der Waals surface area contributed by atoms with Gasteiger partial charge in [-0.1, -0.05) is 30.7 Å². The molecule has 1 aliphatic rings. The van der Waals surface area contributed by atoms with E-state index in [4.69, 9.17) is 4.42 Å². The minimum Gasteiger partial charge on any atom is -0.448 e. The Morgan fingerprint density at radius 3 is 2.68 bits per heavy atom. The van der Waals surface area contributed by atoms with Gasteiger partial charge >= 0.3 is 0 Å². The molecule has 0 saturated carbocycles. The van der Waals surface area contributed by atoms with Gasteiger partial charge in [-0.3, -0.25) is 14.2 Å². The number of hydrogen-bond acceptors (Lipinski definition) is 6. The lowest BCUT2D eigenvalue weighted by Crippen LogP contribution is -2.35. The Kier molecular flexibility index (Phi) is 5.93. The Morgan fingerprint density at radius 2 is 1.85 bits per heavy atom. The molecular weight excluding hydrogens is 456 g/mol. The Morgan fingerprint density at radius 1 is 1.06 bits per heavy atom. The van der Waals surface area contributed by atoms with Gasteiger partial charge in [0, 0.05) is 25.0 Å². The average molecular weight is 481 g/mol. The van der Waals surface area contributed by atoms with E-state index in [1.807, 2.05) is 18.2 Å². The van der Waals surface area contributed by atoms with E-state index in [2.05, 4.69) is 10.3 Å². The van der Waals surface area contributed by atoms with Crippen molar-refractivity contribution in [1.29, 1.82) is 0 Å². The zero-order chi connectivity index (χ0) is 23.7. The molecule has 1 fully saturated rings. The lowest BCUT2D eigenvalue weighted by Gasteiger charge is -2.26. The van der Waals surface area contributed by atoms with Gasteiger partial charge in [0.1, 0.15) is 17.6 Å². The fourth-order valence-electron chi connectivity index (χ4n) is 4.21. The van der Waals surface area contributed by atoms with Gasteiger partial charge in [-0.2, -0.15) is 4.31 Å². The van der Waals surface area contributed by atoms with Crippen LogP contribution in [0.5, 0.6) is 0 Å². The van der Waals surface area contributed by atoms with Crippen LogP contribution in [0.3, 0.4) is 0 Å². The normalized spacial score (nSPS) is 15.1. The summed E-state index contributed by atoms with van der Waals surface area (Å²) >= 11 is 0. The number of nitrogens with zero attached hydrogens (tertiary/aromatic N) is 3. The predicted octanol–water partition coefficient (Wildman–Crippen LogP) is 2.63. The van der Waals surface area contributed by atoms with Crippen LogP contribution in [-0.4, -0.2) is 41.3 Å². The molecule has 10 heteroatoms. The van der Waals surface area contributed by atoms with E-state index in [0.29, 0.717) is 29.8 Å². The summed E-state index contributed by atoms with van der Waals surface area (Å²) < 4.78 is 34.2. The third-order valence-corrected chi connectivity index (χ3v) is 7.90. The number of furan rings is 1. The zero-order valence-corrected chi connectivity index (χ0v) is 19.3. The number of rotatable bonds is 6. The molecule has 0 bridgehead atoms. The minimum atomic E-state index is -3.55. The smallest absolute Gasteiger partial charge is 0.297 e. The summed E-state index contributed by atoms with van der Waals surface area (Å²) in [4.78, 5) is 29.8. The van der Waals surface area contributed by atoms with Crippen LogP contribution in [-0.2, 0) is 27.9 Å². The molecular formula is C24H24N4O5S. The van der Waals surface area contributed by atoms with Crippen molar-refractivity contribution in [3.05, 3.63) is 70.8 Å². The molecule has 2 aromatic carbocycles. The molecule has 1 aliphatic heterocycles. The summed E-state index contributed by atoms with van der Waals surface area (Å²) in [6.07, 6.45) is 4.10. The number of fused-ring (bicyclic) bond motifs is 3. The summed E-state index contributed by atoms with van der Waals surface area (Å²) in [5.74, 6) is -0.399. The molecule has 0 radical (unpaired) electrons. The number of amides is 1. The molecule has 0 unspecified atom stereocenters. The van der Waals surface area contributed by atoms with Crippen LogP contribution >= 0.6 is 0 Å². The van der Waals surface area contributed by atoms with E-state index in [9.17, 15) is 18.0 Å². The second-order valence-corrected chi connectivity index (χ2v) is 10.3. The first kappa shape index (κ1) is 22.3. The van der Waals surface area contributed by atoms with Gasteiger partial charge in [-0.05, 0) is 42.7 Å². The van der Waals surface area contributed by atoms with Crippen molar-refractivity contribution in [3.8, 4) is 0 Å². The topological polar surface area (TPSA) is 115 Å². The van der Waals surface area contributed by atoms with Gasteiger partial charge in [-0.15, -0.1) is 0 Å². The second-order valence-electron chi connectivity index (χ2n) is 8.34. The molecule has 0 spiro atoms. The number of carbonyl (C=O) groups is 1. The monoisotopic (exact) mass is 480 g/mol. The summed E-state index contributed by atoms with van der Waals surface area (Å²) in [5, 5.41) is 3.48. The van der Waals surface area contributed by atoms with Gasteiger partial charge in [0.05, 0.1) is 11.2 Å². The maximum absolute atomic E-state index is 12.9. The van der Waals surface area contributed by atoms with E-state index in [0.717, 1.165) is 24.6 Å². The van der Waals surface area contributed by atoms with Crippen LogP contribution < -0.4 is 10.9 Å². The lowest BCUT2D eigenvalue weighted by molar-refractivity contribution is -0.121. The first-order chi connectivity index (χ1) is 16.4. The minimum absolute atomic E-state index is 0.104. The number of piperidine rings is 1. The van der Waals surface area contributed by atoms with Crippen LogP contribution in [0.2, 0.25) is 0 Å². The summed E-state index contributed by atoms with van der Waals surface area (Å²) in [7, 11) is -3.55. The Hall–Kier alpha value is -3.50. The van der Waals surface area contributed by atoms with E-state index in [-0.39, 0.29) is 23.6 Å². The van der Waals surface area contributed by atoms with Crippen molar-refractivity contribution in [2.24, 2.45) is 0 Å². The number of nitrogens with one attached hydrogen (secondary N) is 1. The fourth-order valence-corrected chi connectivity index (χ4v) is 5.80. The van der Waals surface area contributed by atoms with Gasteiger partial charge in [-0.25, -0.2) is 13.4 Å². The first-order valence-electron chi connectivity index (χ1n) is 11.2. The van der Waals surface area contributed by atoms with Crippen LogP contribution in [0, 0.1) is 0 Å². The summed E-state index contributed by atoms with van der Waals surface area (Å²) in [6.45, 7) is 0.963. The number of carbonyl (C=O) groups excluding carboxylic acids is 1. The highest BCUT2D eigenvalue weighted by molar-refractivity contribution is 7.89. The zero-order valence-electron chi connectivity index (χ0n) is 18.4.